The third-order valence-corrected chi connectivity index (χ3v) is 2.13. The second-order valence-corrected chi connectivity index (χ2v) is 3.81. The Kier molecular flexibility index (Phi) is 4.12. The number of hydrogen-bond donors (Lipinski definition) is 0. The molecule has 16 heavy (non-hydrogen) atoms. The summed E-state index contributed by atoms with van der Waals surface area (Å²) >= 11 is 2.96. The molecule has 0 N–H and O–H groups in total. The third kappa shape index (κ3) is 3.62. The smallest absolute Gasteiger partial charge is 0.423 e. The number of ether oxygens (including phenoxy) is 1. The minimum Gasteiger partial charge on any atom is -0.487 e. The van der Waals surface area contributed by atoms with Gasteiger partial charge in [-0.2, -0.15) is 13.2 Å². The van der Waals surface area contributed by atoms with Gasteiger partial charge in [-0.05, 0) is 18.2 Å². The SMILES string of the molecule is Fc1cc(Br)ccc1OCC(F)C(F)(F)F. The summed E-state index contributed by atoms with van der Waals surface area (Å²) in [5.74, 6) is -1.28. The first kappa shape index (κ1) is 13.2. The molecule has 1 aromatic rings. The summed E-state index contributed by atoms with van der Waals surface area (Å²) in [4.78, 5) is 0. The molecular formula is C9H6BrF5O. The molecule has 1 rings (SSSR count). The maximum atomic E-state index is 13.0. The van der Waals surface area contributed by atoms with Crippen LogP contribution in [0.5, 0.6) is 5.75 Å². The Labute approximate surface area is 96.3 Å². The molecular weight excluding hydrogens is 299 g/mol. The maximum Gasteiger partial charge on any atom is 0.423 e. The van der Waals surface area contributed by atoms with E-state index >= 15 is 0 Å². The standard InChI is InChI=1S/C9H6BrF5O/c10-5-1-2-7(6(11)3-5)16-4-8(12)9(13,14)15/h1-3,8H,4H2. The van der Waals surface area contributed by atoms with Crippen LogP contribution in [0.2, 0.25) is 0 Å². The molecule has 0 bridgehead atoms. The predicted molar refractivity (Wildman–Crippen MR) is 50.5 cm³/mol. The lowest BCUT2D eigenvalue weighted by atomic mass is 10.3. The summed E-state index contributed by atoms with van der Waals surface area (Å²) < 4.78 is 65.5. The van der Waals surface area contributed by atoms with Crippen LogP contribution in [0.15, 0.2) is 22.7 Å². The second kappa shape index (κ2) is 4.99. The molecule has 0 heterocycles. The molecule has 0 aliphatic rings. The fourth-order valence-electron chi connectivity index (χ4n) is 0.850. The Morgan fingerprint density at radius 1 is 1.31 bits per heavy atom. The van der Waals surface area contributed by atoms with Crippen molar-refractivity contribution in [3.63, 3.8) is 0 Å². The number of rotatable bonds is 3. The van der Waals surface area contributed by atoms with Crippen molar-refractivity contribution in [3.8, 4) is 5.75 Å². The predicted octanol–water partition coefficient (Wildman–Crippen LogP) is 3.87. The Bertz CT molecular complexity index is 365. The van der Waals surface area contributed by atoms with Crippen molar-refractivity contribution in [2.45, 2.75) is 12.3 Å². The summed E-state index contributed by atoms with van der Waals surface area (Å²) in [6, 6.07) is 3.50. The summed E-state index contributed by atoms with van der Waals surface area (Å²) in [5, 5.41) is 0. The Hall–Kier alpha value is -0.850. The molecule has 0 saturated carbocycles. The summed E-state index contributed by atoms with van der Waals surface area (Å²) in [6.07, 6.45) is -8.12. The number of alkyl halides is 4. The number of benzene rings is 1. The largest absolute Gasteiger partial charge is 0.487 e. The van der Waals surface area contributed by atoms with Gasteiger partial charge in [-0.1, -0.05) is 15.9 Å². The van der Waals surface area contributed by atoms with E-state index in [2.05, 4.69) is 20.7 Å². The number of hydrogen-bond acceptors (Lipinski definition) is 1. The van der Waals surface area contributed by atoms with Gasteiger partial charge < -0.3 is 4.74 Å². The minimum atomic E-state index is -4.99. The van der Waals surface area contributed by atoms with Gasteiger partial charge >= 0.3 is 6.18 Å². The van der Waals surface area contributed by atoms with Crippen LogP contribution < -0.4 is 4.74 Å². The van der Waals surface area contributed by atoms with E-state index in [0.29, 0.717) is 4.47 Å². The Morgan fingerprint density at radius 3 is 2.44 bits per heavy atom. The molecule has 0 aliphatic carbocycles. The van der Waals surface area contributed by atoms with Gasteiger partial charge in [-0.3, -0.25) is 0 Å². The van der Waals surface area contributed by atoms with Gasteiger partial charge in [0.25, 0.3) is 0 Å². The molecule has 0 spiro atoms. The molecule has 0 radical (unpaired) electrons. The Balaban J connectivity index is 2.62. The van der Waals surface area contributed by atoms with Gasteiger partial charge in [-0.15, -0.1) is 0 Å². The van der Waals surface area contributed by atoms with E-state index in [9.17, 15) is 22.0 Å². The van der Waals surface area contributed by atoms with E-state index in [1.807, 2.05) is 0 Å². The summed E-state index contributed by atoms with van der Waals surface area (Å²) in [7, 11) is 0. The van der Waals surface area contributed by atoms with Crippen molar-refractivity contribution in [2.75, 3.05) is 6.61 Å². The van der Waals surface area contributed by atoms with Crippen molar-refractivity contribution in [3.05, 3.63) is 28.5 Å². The molecule has 0 saturated heterocycles. The lowest BCUT2D eigenvalue weighted by Gasteiger charge is -2.13. The van der Waals surface area contributed by atoms with Crippen molar-refractivity contribution >= 4 is 15.9 Å². The average Bonchev–Trinajstić information content (AvgIpc) is 2.14. The second-order valence-electron chi connectivity index (χ2n) is 2.89. The highest BCUT2D eigenvalue weighted by Crippen LogP contribution is 2.25. The fraction of sp³-hybridized carbons (Fsp3) is 0.333. The minimum absolute atomic E-state index is 0.407. The molecule has 0 aliphatic heterocycles. The first-order valence-corrected chi connectivity index (χ1v) is 4.88. The van der Waals surface area contributed by atoms with Crippen LogP contribution in [0.4, 0.5) is 22.0 Å². The third-order valence-electron chi connectivity index (χ3n) is 1.63. The van der Waals surface area contributed by atoms with E-state index in [4.69, 9.17) is 0 Å². The monoisotopic (exact) mass is 304 g/mol. The van der Waals surface area contributed by atoms with Crippen LogP contribution >= 0.6 is 15.9 Å². The molecule has 0 fully saturated rings. The van der Waals surface area contributed by atoms with Gasteiger partial charge in [-0.25, -0.2) is 8.78 Å². The molecule has 90 valence electrons. The van der Waals surface area contributed by atoms with E-state index < -0.39 is 30.5 Å². The molecule has 1 atom stereocenters. The lowest BCUT2D eigenvalue weighted by Crippen LogP contribution is -2.30. The van der Waals surface area contributed by atoms with Crippen molar-refractivity contribution < 1.29 is 26.7 Å². The maximum absolute atomic E-state index is 13.0. The van der Waals surface area contributed by atoms with Gasteiger partial charge in [0.1, 0.15) is 6.61 Å². The highest BCUT2D eigenvalue weighted by molar-refractivity contribution is 9.10. The number of halogens is 6. The molecule has 1 nitrogen and oxygen atoms in total. The Morgan fingerprint density at radius 2 is 1.94 bits per heavy atom. The molecule has 7 heteroatoms. The first-order valence-electron chi connectivity index (χ1n) is 4.09. The quantitative estimate of drug-likeness (QED) is 0.770. The van der Waals surface area contributed by atoms with E-state index in [1.54, 1.807) is 0 Å². The molecule has 1 aromatic carbocycles. The fourth-order valence-corrected chi connectivity index (χ4v) is 1.18. The summed E-state index contributed by atoms with van der Waals surface area (Å²) in [5.41, 5.74) is 0. The lowest BCUT2D eigenvalue weighted by molar-refractivity contribution is -0.187. The van der Waals surface area contributed by atoms with Gasteiger partial charge in [0.2, 0.25) is 6.17 Å². The normalized spacial score (nSPS) is 13.6. The van der Waals surface area contributed by atoms with E-state index in [-0.39, 0.29) is 0 Å². The molecule has 0 amide bonds. The highest BCUT2D eigenvalue weighted by Gasteiger charge is 2.40. The van der Waals surface area contributed by atoms with E-state index in [0.717, 1.165) is 12.1 Å². The zero-order chi connectivity index (χ0) is 12.3. The van der Waals surface area contributed by atoms with Gasteiger partial charge in [0, 0.05) is 4.47 Å². The zero-order valence-corrected chi connectivity index (χ0v) is 9.28. The molecule has 0 aromatic heterocycles. The van der Waals surface area contributed by atoms with Crippen LogP contribution in [-0.4, -0.2) is 19.0 Å². The zero-order valence-electron chi connectivity index (χ0n) is 7.69. The topological polar surface area (TPSA) is 9.23 Å². The van der Waals surface area contributed by atoms with Gasteiger partial charge in [0.15, 0.2) is 11.6 Å². The summed E-state index contributed by atoms with van der Waals surface area (Å²) in [6.45, 7) is -1.26. The van der Waals surface area contributed by atoms with Crippen LogP contribution in [0.1, 0.15) is 0 Å². The first-order chi connectivity index (χ1) is 7.30. The van der Waals surface area contributed by atoms with Crippen molar-refractivity contribution in [2.24, 2.45) is 0 Å². The van der Waals surface area contributed by atoms with Crippen LogP contribution in [0.3, 0.4) is 0 Å². The van der Waals surface area contributed by atoms with Crippen molar-refractivity contribution in [1.29, 1.82) is 0 Å². The van der Waals surface area contributed by atoms with Crippen molar-refractivity contribution in [1.82, 2.24) is 0 Å². The van der Waals surface area contributed by atoms with Crippen LogP contribution in [0, 0.1) is 5.82 Å². The average molecular weight is 305 g/mol. The van der Waals surface area contributed by atoms with Gasteiger partial charge in [0.05, 0.1) is 0 Å². The van der Waals surface area contributed by atoms with E-state index in [1.165, 1.54) is 6.07 Å². The van der Waals surface area contributed by atoms with Crippen LogP contribution in [-0.2, 0) is 0 Å². The van der Waals surface area contributed by atoms with Crippen LogP contribution in [0.25, 0.3) is 0 Å². The highest BCUT2D eigenvalue weighted by atomic mass is 79.9. The molecule has 1 unspecified atom stereocenters.